The minimum Gasteiger partial charge on any atom is -0.480 e. The summed E-state index contributed by atoms with van der Waals surface area (Å²) in [6.07, 6.45) is 0. The summed E-state index contributed by atoms with van der Waals surface area (Å²) in [6, 6.07) is 5.08. The lowest BCUT2D eigenvalue weighted by Gasteiger charge is -2.35. The van der Waals surface area contributed by atoms with Crippen molar-refractivity contribution < 1.29 is 14.8 Å². The van der Waals surface area contributed by atoms with E-state index in [0.29, 0.717) is 18.8 Å². The predicted octanol–water partition coefficient (Wildman–Crippen LogP) is 0.329. The number of benzene rings is 1. The number of nitrogens with zero attached hydrogens (tertiary/aromatic N) is 3. The maximum absolute atomic E-state index is 11.2. The highest BCUT2D eigenvalue weighted by Crippen LogP contribution is 2.26. The van der Waals surface area contributed by atoms with Crippen molar-refractivity contribution >= 4 is 17.3 Å². The van der Waals surface area contributed by atoms with Crippen LogP contribution in [0.1, 0.15) is 5.56 Å². The number of anilines is 1. The molecule has 1 atom stereocenters. The zero-order valence-corrected chi connectivity index (χ0v) is 10.4. The molecule has 0 radical (unpaired) electrons. The fraction of sp³-hybridized carbons (Fsp3) is 0.333. The van der Waals surface area contributed by atoms with E-state index < -0.39 is 16.9 Å². The van der Waals surface area contributed by atoms with Gasteiger partial charge < -0.3 is 15.3 Å². The molecule has 0 saturated carbocycles. The van der Waals surface area contributed by atoms with Crippen LogP contribution in [0, 0.1) is 21.4 Å². The fourth-order valence-corrected chi connectivity index (χ4v) is 2.19. The van der Waals surface area contributed by atoms with Crippen LogP contribution in [-0.2, 0) is 4.79 Å². The smallest absolute Gasteiger partial charge is 0.327 e. The predicted molar refractivity (Wildman–Crippen MR) is 69.5 cm³/mol. The van der Waals surface area contributed by atoms with E-state index in [1.807, 2.05) is 0 Å². The number of carbonyl (C=O) groups is 1. The molecule has 8 heteroatoms. The first-order valence-electron chi connectivity index (χ1n) is 5.93. The molecule has 2 N–H and O–H groups in total. The van der Waals surface area contributed by atoms with Gasteiger partial charge in [0.2, 0.25) is 0 Å². The van der Waals surface area contributed by atoms with Gasteiger partial charge in [-0.25, -0.2) is 4.79 Å². The van der Waals surface area contributed by atoms with E-state index in [1.165, 1.54) is 18.2 Å². The van der Waals surface area contributed by atoms with Crippen molar-refractivity contribution in [3.05, 3.63) is 33.9 Å². The van der Waals surface area contributed by atoms with E-state index in [1.54, 1.807) is 11.0 Å². The van der Waals surface area contributed by atoms with E-state index >= 15 is 0 Å². The summed E-state index contributed by atoms with van der Waals surface area (Å²) in [5, 5.41) is 31.9. The molecule has 2 rings (SSSR count). The largest absolute Gasteiger partial charge is 0.480 e. The number of nitriles is 1. The van der Waals surface area contributed by atoms with Crippen LogP contribution in [0.25, 0.3) is 0 Å². The van der Waals surface area contributed by atoms with Crippen molar-refractivity contribution in [2.75, 3.05) is 24.5 Å². The van der Waals surface area contributed by atoms with Crippen molar-refractivity contribution in [3.63, 3.8) is 0 Å². The van der Waals surface area contributed by atoms with Gasteiger partial charge >= 0.3 is 5.97 Å². The second kappa shape index (κ2) is 5.54. The average molecular weight is 276 g/mol. The molecule has 1 saturated heterocycles. The molecular weight excluding hydrogens is 264 g/mol. The lowest BCUT2D eigenvalue weighted by molar-refractivity contribution is -0.385. The summed E-state index contributed by atoms with van der Waals surface area (Å²) in [6.45, 7) is 1.36. The Hall–Kier alpha value is -2.66. The van der Waals surface area contributed by atoms with Crippen molar-refractivity contribution in [1.29, 1.82) is 5.26 Å². The molecule has 0 spiro atoms. The first-order chi connectivity index (χ1) is 9.54. The normalized spacial score (nSPS) is 18.4. The number of nitro benzene ring substituents is 1. The van der Waals surface area contributed by atoms with Gasteiger partial charge in [-0.05, 0) is 12.1 Å². The molecule has 1 aliphatic rings. The summed E-state index contributed by atoms with van der Waals surface area (Å²) < 4.78 is 0. The number of piperazine rings is 1. The highest BCUT2D eigenvalue weighted by Gasteiger charge is 2.29. The van der Waals surface area contributed by atoms with E-state index in [-0.39, 0.29) is 17.8 Å². The molecule has 0 amide bonds. The summed E-state index contributed by atoms with van der Waals surface area (Å²) in [5.41, 5.74) is 0.148. The number of carboxylic acid groups (broad SMARTS) is 1. The van der Waals surface area contributed by atoms with Gasteiger partial charge in [0.15, 0.2) is 0 Å². The van der Waals surface area contributed by atoms with E-state index in [9.17, 15) is 20.0 Å². The van der Waals surface area contributed by atoms with E-state index in [2.05, 4.69) is 5.32 Å². The minimum atomic E-state index is -0.978. The SMILES string of the molecule is N#Cc1cc(N2CCNCC2C(=O)O)ccc1[N+](=O)[O-]. The quantitative estimate of drug-likeness (QED) is 0.603. The Morgan fingerprint density at radius 2 is 2.35 bits per heavy atom. The summed E-state index contributed by atoms with van der Waals surface area (Å²) in [7, 11) is 0. The van der Waals surface area contributed by atoms with Gasteiger partial charge in [-0.3, -0.25) is 10.1 Å². The van der Waals surface area contributed by atoms with Crippen molar-refractivity contribution in [3.8, 4) is 6.07 Å². The Bertz CT molecular complexity index is 596. The van der Waals surface area contributed by atoms with Crippen LogP contribution in [0.5, 0.6) is 0 Å². The molecular formula is C12H12N4O4. The Morgan fingerprint density at radius 1 is 1.60 bits per heavy atom. The Morgan fingerprint density at radius 3 is 2.95 bits per heavy atom. The van der Waals surface area contributed by atoms with Gasteiger partial charge in [0.25, 0.3) is 5.69 Å². The van der Waals surface area contributed by atoms with Crippen LogP contribution < -0.4 is 10.2 Å². The molecule has 20 heavy (non-hydrogen) atoms. The number of aliphatic carboxylic acids is 1. The molecule has 1 fully saturated rings. The molecule has 1 aliphatic heterocycles. The lowest BCUT2D eigenvalue weighted by Crippen LogP contribution is -2.55. The van der Waals surface area contributed by atoms with Gasteiger partial charge in [-0.2, -0.15) is 5.26 Å². The van der Waals surface area contributed by atoms with Crippen LogP contribution in [0.15, 0.2) is 18.2 Å². The highest BCUT2D eigenvalue weighted by atomic mass is 16.6. The number of rotatable bonds is 3. The third kappa shape index (κ3) is 2.53. The first kappa shape index (κ1) is 13.8. The Kier molecular flexibility index (Phi) is 3.81. The van der Waals surface area contributed by atoms with Crippen molar-refractivity contribution in [2.24, 2.45) is 0 Å². The van der Waals surface area contributed by atoms with Crippen LogP contribution in [-0.4, -0.2) is 41.7 Å². The number of nitro groups is 1. The second-order valence-electron chi connectivity index (χ2n) is 4.32. The standard InChI is InChI=1S/C12H12N4O4/c13-6-8-5-9(1-2-10(8)16(19)20)15-4-3-14-7-11(15)12(17)18/h1-2,5,11,14H,3-4,7H2,(H,17,18). The van der Waals surface area contributed by atoms with Crippen LogP contribution in [0.2, 0.25) is 0 Å². The van der Waals surface area contributed by atoms with E-state index in [4.69, 9.17) is 5.26 Å². The van der Waals surface area contributed by atoms with E-state index in [0.717, 1.165) is 0 Å². The Labute approximate surface area is 114 Å². The molecule has 1 unspecified atom stereocenters. The number of nitrogens with one attached hydrogen (secondary N) is 1. The maximum atomic E-state index is 11.2. The minimum absolute atomic E-state index is 0.0739. The fourth-order valence-electron chi connectivity index (χ4n) is 2.19. The molecule has 1 aromatic rings. The van der Waals surface area contributed by atoms with Crippen LogP contribution >= 0.6 is 0 Å². The number of hydrogen-bond acceptors (Lipinski definition) is 6. The van der Waals surface area contributed by atoms with Crippen LogP contribution in [0.3, 0.4) is 0 Å². The Balaban J connectivity index is 2.39. The summed E-state index contributed by atoms with van der Waals surface area (Å²) in [4.78, 5) is 23.0. The highest BCUT2D eigenvalue weighted by molar-refractivity contribution is 5.79. The zero-order valence-electron chi connectivity index (χ0n) is 10.4. The van der Waals surface area contributed by atoms with Gasteiger partial charge in [0.1, 0.15) is 17.7 Å². The van der Waals surface area contributed by atoms with Crippen molar-refractivity contribution in [1.82, 2.24) is 5.32 Å². The van der Waals surface area contributed by atoms with Crippen molar-refractivity contribution in [2.45, 2.75) is 6.04 Å². The molecule has 0 aromatic heterocycles. The summed E-state index contributed by atoms with van der Waals surface area (Å²) in [5.74, 6) is -0.978. The lowest BCUT2D eigenvalue weighted by atomic mass is 10.1. The monoisotopic (exact) mass is 276 g/mol. The zero-order chi connectivity index (χ0) is 14.7. The second-order valence-corrected chi connectivity index (χ2v) is 4.32. The van der Waals surface area contributed by atoms with Gasteiger partial charge in [-0.1, -0.05) is 0 Å². The summed E-state index contributed by atoms with van der Waals surface area (Å²) >= 11 is 0. The molecule has 0 aliphatic carbocycles. The third-order valence-corrected chi connectivity index (χ3v) is 3.16. The first-order valence-corrected chi connectivity index (χ1v) is 5.93. The molecule has 104 valence electrons. The van der Waals surface area contributed by atoms with Crippen LogP contribution in [0.4, 0.5) is 11.4 Å². The third-order valence-electron chi connectivity index (χ3n) is 3.16. The molecule has 1 aromatic carbocycles. The van der Waals surface area contributed by atoms with Gasteiger partial charge in [0, 0.05) is 31.4 Å². The van der Waals surface area contributed by atoms with Gasteiger partial charge in [0.05, 0.1) is 4.92 Å². The molecule has 1 heterocycles. The topological polar surface area (TPSA) is 120 Å². The maximum Gasteiger partial charge on any atom is 0.327 e. The average Bonchev–Trinajstić information content (AvgIpc) is 2.46. The molecule has 0 bridgehead atoms. The number of carboxylic acids is 1. The number of hydrogen-bond donors (Lipinski definition) is 2. The van der Waals surface area contributed by atoms with Gasteiger partial charge in [-0.15, -0.1) is 0 Å². The molecule has 8 nitrogen and oxygen atoms in total.